The second kappa shape index (κ2) is 5.52. The van der Waals surface area contributed by atoms with Gasteiger partial charge in [0.05, 0.1) is 6.61 Å². The van der Waals surface area contributed by atoms with Crippen LogP contribution in [0.1, 0.15) is 0 Å². The van der Waals surface area contributed by atoms with Crippen LogP contribution in [0, 0.1) is 11.8 Å². The average Bonchev–Trinajstić information content (AvgIpc) is 2.01. The van der Waals surface area contributed by atoms with Gasteiger partial charge >= 0.3 is 0 Å². The molecule has 0 atom stereocenters. The highest BCUT2D eigenvalue weighted by atomic mass is 16.5. The molecule has 11 heavy (non-hydrogen) atoms. The summed E-state index contributed by atoms with van der Waals surface area (Å²) in [6.45, 7) is 11.3. The van der Waals surface area contributed by atoms with Gasteiger partial charge in [-0.1, -0.05) is 37.7 Å². The van der Waals surface area contributed by atoms with Crippen molar-refractivity contribution >= 4 is 0 Å². The summed E-state index contributed by atoms with van der Waals surface area (Å²) >= 11 is 0. The fourth-order valence-electron chi connectivity index (χ4n) is 0.430. The first kappa shape index (κ1) is 9.74. The molecule has 0 aliphatic heterocycles. The number of allylic oxidation sites excluding steroid dienone is 2. The third-order valence-corrected chi connectivity index (χ3v) is 0.965. The van der Waals surface area contributed by atoms with Crippen LogP contribution < -0.4 is 0 Å². The van der Waals surface area contributed by atoms with Crippen molar-refractivity contribution in [3.8, 4) is 11.8 Å². The molecule has 0 amide bonds. The first-order chi connectivity index (χ1) is 5.20. The molecule has 0 aromatic rings. The first-order valence-corrected chi connectivity index (χ1v) is 3.20. The Hall–Kier alpha value is -1.26. The molecular weight excluding hydrogens is 136 g/mol. The van der Waals surface area contributed by atoms with Gasteiger partial charge in [-0.25, -0.2) is 0 Å². The number of hydrogen-bond donors (Lipinski definition) is 0. The van der Waals surface area contributed by atoms with Crippen molar-refractivity contribution in [3.05, 3.63) is 37.0 Å². The molecular formula is C10H12O. The van der Waals surface area contributed by atoms with Gasteiger partial charge in [0.1, 0.15) is 0 Å². The maximum absolute atomic E-state index is 4.81. The zero-order valence-corrected chi connectivity index (χ0v) is 6.81. The summed E-state index contributed by atoms with van der Waals surface area (Å²) in [5, 5.41) is 0. The lowest BCUT2D eigenvalue weighted by atomic mass is 10.2. The van der Waals surface area contributed by atoms with Crippen LogP contribution in [-0.4, -0.2) is 13.7 Å². The Kier molecular flexibility index (Phi) is 4.89. The Morgan fingerprint density at radius 2 is 2.09 bits per heavy atom. The van der Waals surface area contributed by atoms with Crippen LogP contribution >= 0.6 is 0 Å². The van der Waals surface area contributed by atoms with Gasteiger partial charge in [0.25, 0.3) is 0 Å². The lowest BCUT2D eigenvalue weighted by Gasteiger charge is -1.91. The summed E-state index contributed by atoms with van der Waals surface area (Å²) in [5.41, 5.74) is 1.44. The highest BCUT2D eigenvalue weighted by Crippen LogP contribution is 1.90. The minimum absolute atomic E-state index is 0.470. The molecule has 0 fully saturated rings. The van der Waals surface area contributed by atoms with E-state index in [1.54, 1.807) is 13.2 Å². The minimum Gasteiger partial charge on any atom is -0.379 e. The highest BCUT2D eigenvalue weighted by Gasteiger charge is 1.83. The van der Waals surface area contributed by atoms with E-state index in [-0.39, 0.29) is 0 Å². The second-order valence-electron chi connectivity index (χ2n) is 2.02. The van der Waals surface area contributed by atoms with Gasteiger partial charge in [0, 0.05) is 18.3 Å². The molecule has 0 aromatic carbocycles. The van der Waals surface area contributed by atoms with Crippen LogP contribution in [0.15, 0.2) is 37.0 Å². The van der Waals surface area contributed by atoms with Gasteiger partial charge in [-0.05, 0) is 0 Å². The van der Waals surface area contributed by atoms with E-state index in [1.165, 1.54) is 0 Å². The molecule has 1 nitrogen and oxygen atoms in total. The lowest BCUT2D eigenvalue weighted by Crippen LogP contribution is -1.88. The van der Waals surface area contributed by atoms with Crippen LogP contribution in [0.4, 0.5) is 0 Å². The number of ether oxygens (including phenoxy) is 1. The van der Waals surface area contributed by atoms with Gasteiger partial charge in [-0.3, -0.25) is 0 Å². The van der Waals surface area contributed by atoms with E-state index in [9.17, 15) is 0 Å². The lowest BCUT2D eigenvalue weighted by molar-refractivity contribution is 0.229. The maximum atomic E-state index is 4.81. The zero-order chi connectivity index (χ0) is 8.69. The van der Waals surface area contributed by atoms with Crippen molar-refractivity contribution in [1.29, 1.82) is 0 Å². The quantitative estimate of drug-likeness (QED) is 0.439. The van der Waals surface area contributed by atoms with Crippen LogP contribution in [-0.2, 0) is 4.74 Å². The molecule has 1 heteroatoms. The van der Waals surface area contributed by atoms with Crippen LogP contribution in [0.2, 0.25) is 0 Å². The maximum Gasteiger partial charge on any atom is 0.0785 e. The Balaban J connectivity index is 3.96. The topological polar surface area (TPSA) is 9.23 Å². The van der Waals surface area contributed by atoms with Crippen LogP contribution in [0.5, 0.6) is 0 Å². The van der Waals surface area contributed by atoms with Crippen molar-refractivity contribution in [2.45, 2.75) is 0 Å². The highest BCUT2D eigenvalue weighted by molar-refractivity contribution is 5.40. The smallest absolute Gasteiger partial charge is 0.0785 e. The van der Waals surface area contributed by atoms with Crippen molar-refractivity contribution in [3.63, 3.8) is 0 Å². The van der Waals surface area contributed by atoms with Crippen molar-refractivity contribution in [1.82, 2.24) is 0 Å². The van der Waals surface area contributed by atoms with E-state index in [2.05, 4.69) is 31.6 Å². The Morgan fingerprint density at radius 1 is 1.45 bits per heavy atom. The van der Waals surface area contributed by atoms with E-state index >= 15 is 0 Å². The number of rotatable bonds is 3. The van der Waals surface area contributed by atoms with Gasteiger partial charge in [-0.2, -0.15) is 0 Å². The number of hydrogen-bond acceptors (Lipinski definition) is 1. The van der Waals surface area contributed by atoms with Gasteiger partial charge in [-0.15, -0.1) is 0 Å². The summed E-state index contributed by atoms with van der Waals surface area (Å²) in [5.74, 6) is 5.57. The monoisotopic (exact) mass is 148 g/mol. The van der Waals surface area contributed by atoms with E-state index in [4.69, 9.17) is 4.74 Å². The molecule has 0 bridgehead atoms. The van der Waals surface area contributed by atoms with Gasteiger partial charge in [0.15, 0.2) is 0 Å². The van der Waals surface area contributed by atoms with Crippen molar-refractivity contribution in [2.75, 3.05) is 13.7 Å². The summed E-state index contributed by atoms with van der Waals surface area (Å²) in [6, 6.07) is 0. The van der Waals surface area contributed by atoms with E-state index in [0.29, 0.717) is 12.2 Å². The Morgan fingerprint density at radius 3 is 2.55 bits per heavy atom. The fraction of sp³-hybridized carbons (Fsp3) is 0.200. The van der Waals surface area contributed by atoms with Crippen LogP contribution in [0.3, 0.4) is 0 Å². The second-order valence-corrected chi connectivity index (χ2v) is 2.02. The molecule has 0 rings (SSSR count). The summed E-state index contributed by atoms with van der Waals surface area (Å²) < 4.78 is 4.81. The van der Waals surface area contributed by atoms with Gasteiger partial charge in [0.2, 0.25) is 0 Å². The standard InChI is InChI=1S/C10H12O/c1-5-9(2)6-7-10(3)8-11-4/h5H,1-3,8H2,4H3. The van der Waals surface area contributed by atoms with Crippen molar-refractivity contribution < 1.29 is 4.74 Å². The predicted octanol–water partition coefficient (Wildman–Crippen LogP) is 1.93. The third-order valence-electron chi connectivity index (χ3n) is 0.965. The largest absolute Gasteiger partial charge is 0.379 e. The fourth-order valence-corrected chi connectivity index (χ4v) is 0.430. The molecule has 58 valence electrons. The molecule has 0 N–H and O–H groups in total. The molecule has 0 spiro atoms. The van der Waals surface area contributed by atoms with Gasteiger partial charge < -0.3 is 4.74 Å². The molecule has 0 radical (unpaired) electrons. The van der Waals surface area contributed by atoms with E-state index in [0.717, 1.165) is 5.57 Å². The SMILES string of the molecule is C=CC(=C)C#CC(=C)COC. The normalized spacial score (nSPS) is 7.73. The number of methoxy groups -OCH3 is 1. The molecule has 0 unspecified atom stereocenters. The third kappa shape index (κ3) is 5.20. The van der Waals surface area contributed by atoms with Crippen molar-refractivity contribution in [2.24, 2.45) is 0 Å². The summed E-state index contributed by atoms with van der Waals surface area (Å²) in [4.78, 5) is 0. The average molecular weight is 148 g/mol. The zero-order valence-electron chi connectivity index (χ0n) is 6.81. The summed E-state index contributed by atoms with van der Waals surface area (Å²) in [7, 11) is 1.61. The van der Waals surface area contributed by atoms with Crippen LogP contribution in [0.25, 0.3) is 0 Å². The Bertz CT molecular complexity index is 225. The summed E-state index contributed by atoms with van der Waals surface area (Å²) in [6.07, 6.45) is 1.60. The molecule has 0 aromatic heterocycles. The molecule has 0 saturated carbocycles. The van der Waals surface area contributed by atoms with E-state index < -0.39 is 0 Å². The molecule has 0 aliphatic carbocycles. The minimum atomic E-state index is 0.470. The predicted molar refractivity (Wildman–Crippen MR) is 48.1 cm³/mol. The molecule has 0 saturated heterocycles. The Labute approximate surface area is 68.1 Å². The van der Waals surface area contributed by atoms with E-state index in [1.807, 2.05) is 0 Å². The first-order valence-electron chi connectivity index (χ1n) is 3.20. The molecule has 0 heterocycles. The molecule has 0 aliphatic rings.